The van der Waals surface area contributed by atoms with Crippen LogP contribution >= 0.6 is 23.2 Å². The summed E-state index contributed by atoms with van der Waals surface area (Å²) < 4.78 is 11.0. The van der Waals surface area contributed by atoms with Crippen molar-refractivity contribution in [2.75, 3.05) is 32.6 Å². The Balaban J connectivity index is 1.33. The monoisotopic (exact) mass is 692 g/mol. The molecule has 0 radical (unpaired) electrons. The van der Waals surface area contributed by atoms with Crippen LogP contribution in [0.5, 0.6) is 11.6 Å². The Kier molecular flexibility index (Phi) is 11.4. The van der Waals surface area contributed by atoms with E-state index in [0.29, 0.717) is 69.9 Å². The van der Waals surface area contributed by atoms with Gasteiger partial charge < -0.3 is 36.5 Å². The summed E-state index contributed by atoms with van der Waals surface area (Å²) in [7, 11) is 3.02. The molecule has 1 aliphatic heterocycles. The molecule has 1 fully saturated rings. The van der Waals surface area contributed by atoms with Gasteiger partial charge in [-0.05, 0) is 24.6 Å². The Hall–Kier alpha value is -4.82. The SMILES string of the molecule is COc1cc(C(=O)Nc2cccc(-c3nccc(-c4ccc(CNC[C@H]5CCC(=O)N5)c(OC)n4)c3Cl)c2Cl)ncc1CNCC(N)=O. The van der Waals surface area contributed by atoms with Crippen molar-refractivity contribution < 1.29 is 23.9 Å². The van der Waals surface area contributed by atoms with Gasteiger partial charge in [-0.1, -0.05) is 41.4 Å². The maximum absolute atomic E-state index is 13.2. The van der Waals surface area contributed by atoms with Gasteiger partial charge in [0.2, 0.25) is 17.7 Å². The highest BCUT2D eigenvalue weighted by Crippen LogP contribution is 2.40. The molecule has 0 unspecified atom stereocenters. The summed E-state index contributed by atoms with van der Waals surface area (Å²) in [5.74, 6) is -0.0913. The zero-order chi connectivity index (χ0) is 34.2. The number of nitrogens with two attached hydrogens (primary N) is 1. The van der Waals surface area contributed by atoms with Gasteiger partial charge in [-0.25, -0.2) is 4.98 Å². The minimum absolute atomic E-state index is 0.0131. The number of hydrogen-bond acceptors (Lipinski definition) is 10. The van der Waals surface area contributed by atoms with Gasteiger partial charge in [-0.2, -0.15) is 0 Å². The molecule has 5 rings (SSSR count). The van der Waals surface area contributed by atoms with Crippen LogP contribution in [0, 0.1) is 0 Å². The lowest BCUT2D eigenvalue weighted by molar-refractivity contribution is -0.119. The van der Waals surface area contributed by atoms with Crippen molar-refractivity contribution in [2.24, 2.45) is 5.73 Å². The molecule has 1 aliphatic rings. The second kappa shape index (κ2) is 15.8. The van der Waals surface area contributed by atoms with Crippen molar-refractivity contribution >= 4 is 46.6 Å². The van der Waals surface area contributed by atoms with Gasteiger partial charge in [0.15, 0.2) is 0 Å². The van der Waals surface area contributed by atoms with Crippen molar-refractivity contribution in [3.05, 3.63) is 81.7 Å². The average molecular weight is 694 g/mol. The molecule has 0 spiro atoms. The van der Waals surface area contributed by atoms with E-state index in [1.807, 2.05) is 12.1 Å². The van der Waals surface area contributed by atoms with Gasteiger partial charge in [0.1, 0.15) is 11.4 Å². The van der Waals surface area contributed by atoms with E-state index in [9.17, 15) is 14.4 Å². The van der Waals surface area contributed by atoms with Gasteiger partial charge in [-0.15, -0.1) is 0 Å². The molecule has 0 saturated carbocycles. The molecular weight excluding hydrogens is 659 g/mol. The second-order valence-electron chi connectivity index (χ2n) is 10.9. The molecule has 4 aromatic rings. The van der Waals surface area contributed by atoms with Crippen LogP contribution in [0.15, 0.2) is 54.9 Å². The standard InChI is InChI=1S/C33H34Cl2N8O5/c1-47-26-12-25(40-15-19(26)14-38-17-27(36)44)32(46)42-24-5-3-4-22(29(24)34)31-30(35)21(10-11-39-31)23-8-6-18(33(43-23)48-2)13-37-16-20-7-9-28(45)41-20/h3-6,8,10-12,15,20,37-38H,7,9,13-14,16-17H2,1-2H3,(H2,36,44)(H,41,45)(H,42,46)/t20-/m1/s1. The predicted molar refractivity (Wildman–Crippen MR) is 182 cm³/mol. The highest BCUT2D eigenvalue weighted by Gasteiger charge is 2.22. The predicted octanol–water partition coefficient (Wildman–Crippen LogP) is 3.73. The molecule has 3 amide bonds. The number of hydrogen-bond donors (Lipinski definition) is 5. The first-order valence-electron chi connectivity index (χ1n) is 15.0. The summed E-state index contributed by atoms with van der Waals surface area (Å²) >= 11 is 13.7. The lowest BCUT2D eigenvalue weighted by Crippen LogP contribution is -2.35. The molecule has 48 heavy (non-hydrogen) atoms. The normalized spacial score (nSPS) is 14.0. The number of halogens is 2. The molecule has 0 aliphatic carbocycles. The quantitative estimate of drug-likeness (QED) is 0.131. The fourth-order valence-corrected chi connectivity index (χ4v) is 5.77. The molecule has 15 heteroatoms. The van der Waals surface area contributed by atoms with Crippen molar-refractivity contribution in [3.8, 4) is 34.1 Å². The minimum Gasteiger partial charge on any atom is -0.496 e. The number of anilines is 1. The summed E-state index contributed by atoms with van der Waals surface area (Å²) in [4.78, 5) is 49.1. The number of primary amides is 1. The third kappa shape index (κ3) is 8.17. The molecule has 250 valence electrons. The summed E-state index contributed by atoms with van der Waals surface area (Å²) in [6.07, 6.45) is 4.45. The molecule has 1 atom stereocenters. The first-order valence-corrected chi connectivity index (χ1v) is 15.7. The van der Waals surface area contributed by atoms with Crippen LogP contribution in [0.4, 0.5) is 5.69 Å². The van der Waals surface area contributed by atoms with Crippen LogP contribution in [-0.2, 0) is 22.7 Å². The van der Waals surface area contributed by atoms with Crippen molar-refractivity contribution in [2.45, 2.75) is 32.0 Å². The van der Waals surface area contributed by atoms with Crippen LogP contribution in [0.2, 0.25) is 10.0 Å². The maximum Gasteiger partial charge on any atom is 0.274 e. The van der Waals surface area contributed by atoms with E-state index >= 15 is 0 Å². The number of amides is 3. The van der Waals surface area contributed by atoms with Crippen LogP contribution in [-0.4, -0.2) is 66.0 Å². The molecule has 0 bridgehead atoms. The van der Waals surface area contributed by atoms with Gasteiger partial charge in [0.05, 0.1) is 47.9 Å². The number of pyridine rings is 3. The number of rotatable bonds is 14. The highest BCUT2D eigenvalue weighted by atomic mass is 35.5. The Morgan fingerprint density at radius 2 is 1.81 bits per heavy atom. The van der Waals surface area contributed by atoms with Crippen LogP contribution in [0.1, 0.15) is 34.5 Å². The summed E-state index contributed by atoms with van der Waals surface area (Å²) in [5, 5.41) is 12.5. The molecule has 1 aromatic carbocycles. The van der Waals surface area contributed by atoms with E-state index in [0.717, 1.165) is 12.0 Å². The number of carbonyl (C=O) groups excluding carboxylic acids is 3. The maximum atomic E-state index is 13.2. The number of benzene rings is 1. The summed E-state index contributed by atoms with van der Waals surface area (Å²) in [6, 6.07) is 12.2. The van der Waals surface area contributed by atoms with Gasteiger partial charge in [0, 0.05) is 72.8 Å². The van der Waals surface area contributed by atoms with E-state index in [-0.39, 0.29) is 35.8 Å². The number of nitrogens with one attached hydrogen (secondary N) is 4. The van der Waals surface area contributed by atoms with Gasteiger partial charge in [-0.3, -0.25) is 24.4 Å². The lowest BCUT2D eigenvalue weighted by atomic mass is 10.1. The number of methoxy groups -OCH3 is 2. The molecule has 6 N–H and O–H groups in total. The molecule has 13 nitrogen and oxygen atoms in total. The largest absolute Gasteiger partial charge is 0.496 e. The Morgan fingerprint density at radius 1 is 1.00 bits per heavy atom. The zero-order valence-electron chi connectivity index (χ0n) is 26.2. The van der Waals surface area contributed by atoms with Crippen LogP contribution in [0.3, 0.4) is 0 Å². The lowest BCUT2D eigenvalue weighted by Gasteiger charge is -2.15. The number of carbonyl (C=O) groups is 3. The van der Waals surface area contributed by atoms with E-state index in [1.54, 1.807) is 37.6 Å². The fraction of sp³-hybridized carbons (Fsp3) is 0.273. The third-order valence-electron chi connectivity index (χ3n) is 7.60. The van der Waals surface area contributed by atoms with Crippen molar-refractivity contribution in [1.29, 1.82) is 0 Å². The number of nitrogens with zero attached hydrogens (tertiary/aromatic N) is 3. The Labute approximate surface area is 286 Å². The third-order valence-corrected chi connectivity index (χ3v) is 8.39. The number of ether oxygens (including phenoxy) is 2. The highest BCUT2D eigenvalue weighted by molar-refractivity contribution is 6.39. The minimum atomic E-state index is -0.518. The van der Waals surface area contributed by atoms with Gasteiger partial charge >= 0.3 is 0 Å². The van der Waals surface area contributed by atoms with E-state index in [4.69, 9.17) is 43.4 Å². The second-order valence-corrected chi connectivity index (χ2v) is 11.6. The van der Waals surface area contributed by atoms with Crippen LogP contribution in [0.25, 0.3) is 22.5 Å². The Morgan fingerprint density at radius 3 is 2.54 bits per heavy atom. The van der Waals surface area contributed by atoms with E-state index in [2.05, 4.69) is 31.2 Å². The van der Waals surface area contributed by atoms with Crippen molar-refractivity contribution in [3.63, 3.8) is 0 Å². The summed E-state index contributed by atoms with van der Waals surface area (Å²) in [6.45, 7) is 1.41. The first-order chi connectivity index (χ1) is 23.2. The first kappa shape index (κ1) is 34.5. The number of aromatic nitrogens is 3. The summed E-state index contributed by atoms with van der Waals surface area (Å²) in [5.41, 5.74) is 9.16. The molecule has 1 saturated heterocycles. The van der Waals surface area contributed by atoms with Gasteiger partial charge in [0.25, 0.3) is 5.91 Å². The zero-order valence-corrected chi connectivity index (χ0v) is 27.7. The van der Waals surface area contributed by atoms with E-state index in [1.165, 1.54) is 19.4 Å². The molecular formula is C33H34Cl2N8O5. The topological polar surface area (TPSA) is 182 Å². The van der Waals surface area contributed by atoms with E-state index < -0.39 is 11.8 Å². The van der Waals surface area contributed by atoms with Crippen LogP contribution < -0.4 is 36.5 Å². The molecule has 3 aromatic heterocycles. The molecule has 4 heterocycles. The average Bonchev–Trinajstić information content (AvgIpc) is 3.50. The fourth-order valence-electron chi connectivity index (χ4n) is 5.20. The Bertz CT molecular complexity index is 1840. The van der Waals surface area contributed by atoms with Crippen molar-refractivity contribution in [1.82, 2.24) is 30.9 Å². The smallest absolute Gasteiger partial charge is 0.274 e.